The van der Waals surface area contributed by atoms with Crippen molar-refractivity contribution in [1.29, 1.82) is 0 Å². The van der Waals surface area contributed by atoms with Crippen LogP contribution in [0.3, 0.4) is 0 Å². The summed E-state index contributed by atoms with van der Waals surface area (Å²) in [5.74, 6) is 0. The molecule has 0 spiro atoms. The fraction of sp³-hybridized carbons (Fsp3) is 0.200. The maximum absolute atomic E-state index is 3.52. The molecular formula is C15H15BrIN. The van der Waals surface area contributed by atoms with Crippen molar-refractivity contribution in [1.82, 2.24) is 5.32 Å². The normalized spacial score (nSPS) is 12.4. The highest BCUT2D eigenvalue weighted by Gasteiger charge is 2.10. The predicted molar refractivity (Wildman–Crippen MR) is 88.8 cm³/mol. The molecule has 0 bridgehead atoms. The molecule has 0 aromatic heterocycles. The van der Waals surface area contributed by atoms with Gasteiger partial charge in [-0.15, -0.1) is 0 Å². The van der Waals surface area contributed by atoms with Crippen molar-refractivity contribution < 1.29 is 0 Å². The molecule has 0 amide bonds. The number of hydrogen-bond donors (Lipinski definition) is 1. The zero-order valence-corrected chi connectivity index (χ0v) is 13.9. The zero-order chi connectivity index (χ0) is 13.0. The molecule has 2 aromatic rings. The van der Waals surface area contributed by atoms with Crippen LogP contribution < -0.4 is 5.32 Å². The molecule has 1 nitrogen and oxygen atoms in total. The van der Waals surface area contributed by atoms with Crippen molar-refractivity contribution in [2.45, 2.75) is 12.5 Å². The molecule has 0 radical (unpaired) electrons. The molecule has 0 saturated heterocycles. The second kappa shape index (κ2) is 6.68. The first-order valence-corrected chi connectivity index (χ1v) is 7.73. The van der Waals surface area contributed by atoms with Gasteiger partial charge in [0, 0.05) is 14.1 Å². The Kier molecular flexibility index (Phi) is 5.21. The molecule has 2 rings (SSSR count). The summed E-state index contributed by atoms with van der Waals surface area (Å²) >= 11 is 5.88. The van der Waals surface area contributed by atoms with Gasteiger partial charge in [-0.25, -0.2) is 0 Å². The number of hydrogen-bond acceptors (Lipinski definition) is 1. The Balaban J connectivity index is 2.19. The van der Waals surface area contributed by atoms with E-state index in [2.05, 4.69) is 92.4 Å². The van der Waals surface area contributed by atoms with Gasteiger partial charge in [-0.2, -0.15) is 0 Å². The summed E-state index contributed by atoms with van der Waals surface area (Å²) in [5.41, 5.74) is 2.67. The Morgan fingerprint density at radius 1 is 1.17 bits per heavy atom. The van der Waals surface area contributed by atoms with Crippen LogP contribution in [-0.4, -0.2) is 7.05 Å². The lowest BCUT2D eigenvalue weighted by molar-refractivity contribution is 0.591. The second-order valence-corrected chi connectivity index (χ2v) is 6.39. The molecule has 3 heteroatoms. The van der Waals surface area contributed by atoms with Gasteiger partial charge in [0.05, 0.1) is 0 Å². The third-order valence-electron chi connectivity index (χ3n) is 2.93. The molecule has 0 saturated carbocycles. The van der Waals surface area contributed by atoms with Crippen LogP contribution in [0.25, 0.3) is 0 Å². The maximum Gasteiger partial charge on any atom is 0.0358 e. The summed E-state index contributed by atoms with van der Waals surface area (Å²) in [5, 5.41) is 3.39. The molecule has 0 heterocycles. The van der Waals surface area contributed by atoms with Crippen molar-refractivity contribution in [2.75, 3.05) is 7.05 Å². The van der Waals surface area contributed by atoms with Crippen molar-refractivity contribution in [3.8, 4) is 0 Å². The lowest BCUT2D eigenvalue weighted by atomic mass is 9.99. The lowest BCUT2D eigenvalue weighted by Gasteiger charge is -2.17. The summed E-state index contributed by atoms with van der Waals surface area (Å²) in [7, 11) is 2.02. The number of rotatable bonds is 4. The summed E-state index contributed by atoms with van der Waals surface area (Å²) in [6.45, 7) is 0. The van der Waals surface area contributed by atoms with Gasteiger partial charge in [0.15, 0.2) is 0 Å². The van der Waals surface area contributed by atoms with E-state index in [1.165, 1.54) is 14.7 Å². The average molecular weight is 416 g/mol. The van der Waals surface area contributed by atoms with E-state index in [0.29, 0.717) is 6.04 Å². The van der Waals surface area contributed by atoms with E-state index in [-0.39, 0.29) is 0 Å². The molecule has 1 atom stereocenters. The summed E-state index contributed by atoms with van der Waals surface area (Å²) in [6, 6.07) is 17.5. The van der Waals surface area contributed by atoms with E-state index >= 15 is 0 Å². The van der Waals surface area contributed by atoms with Crippen molar-refractivity contribution in [3.05, 3.63) is 67.7 Å². The van der Waals surface area contributed by atoms with Gasteiger partial charge in [-0.3, -0.25) is 0 Å². The van der Waals surface area contributed by atoms with E-state index in [1.807, 2.05) is 7.05 Å². The van der Waals surface area contributed by atoms with Gasteiger partial charge in [0.25, 0.3) is 0 Å². The minimum Gasteiger partial charge on any atom is -0.313 e. The van der Waals surface area contributed by atoms with Crippen molar-refractivity contribution in [3.63, 3.8) is 0 Å². The van der Waals surface area contributed by atoms with Crippen LogP contribution in [0.4, 0.5) is 0 Å². The first-order valence-electron chi connectivity index (χ1n) is 5.86. The number of nitrogens with one attached hydrogen (secondary N) is 1. The molecule has 1 N–H and O–H groups in total. The first-order chi connectivity index (χ1) is 8.69. The molecule has 0 aliphatic heterocycles. The van der Waals surface area contributed by atoms with Crippen LogP contribution in [0, 0.1) is 3.57 Å². The van der Waals surface area contributed by atoms with Crippen molar-refractivity contribution >= 4 is 38.5 Å². The fourth-order valence-corrected chi connectivity index (χ4v) is 3.02. The van der Waals surface area contributed by atoms with E-state index in [9.17, 15) is 0 Å². The molecule has 2 aromatic carbocycles. The molecule has 0 aliphatic carbocycles. The number of likely N-dealkylation sites (N-methyl/N-ethyl adjacent to an activating group) is 1. The number of halogens is 2. The van der Waals surface area contributed by atoms with Crippen LogP contribution in [0.5, 0.6) is 0 Å². The predicted octanol–water partition coefficient (Wildman–Crippen LogP) is 4.56. The summed E-state index contributed by atoms with van der Waals surface area (Å²) < 4.78 is 2.41. The topological polar surface area (TPSA) is 12.0 Å². The molecular weight excluding hydrogens is 401 g/mol. The molecule has 0 fully saturated rings. The standard InChI is InChI=1S/C15H15BrIN/c1-18-15(12-5-3-7-14(17)10-12)9-11-4-2-6-13(16)8-11/h2-8,10,15,18H,9H2,1H3. The summed E-state index contributed by atoms with van der Waals surface area (Å²) in [6.07, 6.45) is 0.996. The van der Waals surface area contributed by atoms with Crippen LogP contribution in [-0.2, 0) is 6.42 Å². The van der Waals surface area contributed by atoms with Crippen LogP contribution in [0.2, 0.25) is 0 Å². The van der Waals surface area contributed by atoms with Gasteiger partial charge in [0.1, 0.15) is 0 Å². The molecule has 94 valence electrons. The van der Waals surface area contributed by atoms with Crippen LogP contribution in [0.1, 0.15) is 17.2 Å². The lowest BCUT2D eigenvalue weighted by Crippen LogP contribution is -2.18. The maximum atomic E-state index is 3.52. The van der Waals surface area contributed by atoms with E-state index < -0.39 is 0 Å². The fourth-order valence-electron chi connectivity index (χ4n) is 2.01. The third kappa shape index (κ3) is 3.80. The summed E-state index contributed by atoms with van der Waals surface area (Å²) in [4.78, 5) is 0. The first kappa shape index (κ1) is 14.0. The quantitative estimate of drug-likeness (QED) is 0.722. The largest absolute Gasteiger partial charge is 0.313 e. The highest BCUT2D eigenvalue weighted by molar-refractivity contribution is 14.1. The Labute approximate surface area is 130 Å². The molecule has 18 heavy (non-hydrogen) atoms. The Hall–Kier alpha value is -0.390. The van der Waals surface area contributed by atoms with Gasteiger partial charge < -0.3 is 5.32 Å². The third-order valence-corrected chi connectivity index (χ3v) is 4.09. The van der Waals surface area contributed by atoms with E-state index in [1.54, 1.807) is 0 Å². The van der Waals surface area contributed by atoms with E-state index in [0.717, 1.165) is 10.9 Å². The SMILES string of the molecule is CNC(Cc1cccc(Br)c1)c1cccc(I)c1. The minimum atomic E-state index is 0.356. The van der Waals surface area contributed by atoms with Gasteiger partial charge in [-0.05, 0) is 71.5 Å². The number of benzene rings is 2. The highest BCUT2D eigenvalue weighted by Crippen LogP contribution is 2.21. The van der Waals surface area contributed by atoms with Crippen molar-refractivity contribution in [2.24, 2.45) is 0 Å². The minimum absolute atomic E-state index is 0.356. The second-order valence-electron chi connectivity index (χ2n) is 4.23. The van der Waals surface area contributed by atoms with Crippen LogP contribution in [0.15, 0.2) is 53.0 Å². The average Bonchev–Trinajstić information content (AvgIpc) is 2.36. The van der Waals surface area contributed by atoms with Gasteiger partial charge in [-0.1, -0.05) is 40.2 Å². The van der Waals surface area contributed by atoms with Gasteiger partial charge in [0.2, 0.25) is 0 Å². The molecule has 1 unspecified atom stereocenters. The Morgan fingerprint density at radius 3 is 2.61 bits per heavy atom. The highest BCUT2D eigenvalue weighted by atomic mass is 127. The van der Waals surface area contributed by atoms with E-state index in [4.69, 9.17) is 0 Å². The monoisotopic (exact) mass is 415 g/mol. The Bertz CT molecular complexity index is 527. The zero-order valence-electron chi connectivity index (χ0n) is 10.2. The smallest absolute Gasteiger partial charge is 0.0358 e. The molecule has 0 aliphatic rings. The van der Waals surface area contributed by atoms with Crippen LogP contribution >= 0.6 is 38.5 Å². The van der Waals surface area contributed by atoms with Gasteiger partial charge >= 0.3 is 0 Å². The Morgan fingerprint density at radius 2 is 1.94 bits per heavy atom.